The Labute approximate surface area is 892 Å². The summed E-state index contributed by atoms with van der Waals surface area (Å²) >= 11 is 0. The van der Waals surface area contributed by atoms with Gasteiger partial charge in [0.15, 0.2) is 0 Å². The van der Waals surface area contributed by atoms with Crippen LogP contribution in [0.2, 0.25) is 0 Å². The average molecular weight is 1910 g/mol. The number of phenols is 7. The Balaban J connectivity index is 0.000000277. The van der Waals surface area contributed by atoms with Gasteiger partial charge in [-0.15, -0.1) is 0 Å². The highest BCUT2D eigenvalue weighted by Crippen LogP contribution is 2.48. The van der Waals surface area contributed by atoms with Crippen molar-refractivity contribution in [2.24, 2.45) is 0 Å². The van der Waals surface area contributed by atoms with E-state index in [1.165, 1.54) is 21.1 Å². The quantitative estimate of drug-likeness (QED) is 0.0217. The first kappa shape index (κ1) is 49.4. The van der Waals surface area contributed by atoms with E-state index in [1.54, 1.807) is 19.0 Å². The molecule has 7 atom stereocenters. The fraction of sp³-hybridized carbons (Fsp3) is 0.625. The van der Waals surface area contributed by atoms with Crippen molar-refractivity contribution in [2.75, 3.05) is 144 Å². The van der Waals surface area contributed by atoms with Crippen LogP contribution in [0.5, 0.6) is 40.2 Å². The molecule has 0 saturated heterocycles. The molecule has 0 heterocycles. The zero-order chi connectivity index (χ0) is 154. The Morgan fingerprint density at radius 1 is 0.218 bits per heavy atom. The fourth-order valence-electron chi connectivity index (χ4n) is 17.4. The maximum atomic E-state index is 11.5. The van der Waals surface area contributed by atoms with E-state index in [9.17, 15) is 71.5 Å². The fourth-order valence-corrected chi connectivity index (χ4v) is 17.4. The Hall–Kier alpha value is -7.42. The van der Waals surface area contributed by atoms with Gasteiger partial charge in [0.25, 0.3) is 0 Å². The summed E-state index contributed by atoms with van der Waals surface area (Å²) in [5.41, 5.74) is -17.9. The molecule has 14 N–H and O–H groups in total. The first-order valence-corrected chi connectivity index (χ1v) is 44.6. The van der Waals surface area contributed by atoms with Crippen LogP contribution in [0.4, 0.5) is 0 Å². The first-order chi connectivity index (χ1) is 89.8. The van der Waals surface area contributed by atoms with Gasteiger partial charge in [-0.05, 0) is 312 Å². The average Bonchev–Trinajstić information content (AvgIpc) is 0.690. The lowest BCUT2D eigenvalue weighted by Crippen LogP contribution is -2.42. The minimum Gasteiger partial charge on any atom is -0.508 e. The van der Waals surface area contributed by atoms with Gasteiger partial charge < -0.3 is 106 Å². The molecular formula is C112H175N7O14. The van der Waals surface area contributed by atoms with Crippen molar-refractivity contribution in [2.45, 2.75) is 305 Å². The van der Waals surface area contributed by atoms with Crippen molar-refractivity contribution in [3.8, 4) is 40.2 Å². The van der Waals surface area contributed by atoms with E-state index in [1.807, 2.05) is 0 Å². The molecule has 21 nitrogen and oxygen atoms in total. The zero-order valence-corrected chi connectivity index (χ0v) is 76.3. The third-order valence-electron chi connectivity index (χ3n) is 24.0. The number of nitrogens with zero attached hydrogens (tertiary/aromatic N) is 7. The molecule has 14 rings (SSSR count). The number of rotatable bonds is 28. The summed E-state index contributed by atoms with van der Waals surface area (Å²) in [4.78, 5) is 3.21. The molecule has 742 valence electrons. The summed E-state index contributed by atoms with van der Waals surface area (Å²) in [5.74, 6) is -23.5. The van der Waals surface area contributed by atoms with Gasteiger partial charge >= 0.3 is 0 Å². The maximum absolute atomic E-state index is 11.5. The molecule has 7 saturated carbocycles. The van der Waals surface area contributed by atoms with Crippen molar-refractivity contribution < 1.29 is 162 Å². The summed E-state index contributed by atoms with van der Waals surface area (Å²) in [6.07, 6.45) is 12.9. The highest BCUT2D eigenvalue weighted by Gasteiger charge is 2.46. The number of hydrogen-bond acceptors (Lipinski definition) is 21. The largest absolute Gasteiger partial charge is 0.508 e. The van der Waals surface area contributed by atoms with Gasteiger partial charge in [0.1, 0.15) is 40.2 Å². The molecule has 7 aromatic carbocycles. The zero-order valence-electron chi connectivity index (χ0n) is 142. The van der Waals surface area contributed by atoms with Crippen molar-refractivity contribution in [3.05, 3.63) is 208 Å². The minimum atomic E-state index is -3.74. The molecule has 0 radical (unpaired) electrons. The van der Waals surface area contributed by atoms with Crippen LogP contribution in [0.3, 0.4) is 0 Å². The second-order valence-corrected chi connectivity index (χ2v) is 35.1. The van der Waals surface area contributed by atoms with E-state index in [0.717, 1.165) is 55.4 Å². The highest BCUT2D eigenvalue weighted by atomic mass is 16.3. The molecular weight excluding hydrogens is 1670 g/mol. The van der Waals surface area contributed by atoms with Gasteiger partial charge in [0.2, 0.25) is 0 Å². The van der Waals surface area contributed by atoms with E-state index < -0.39 is 423 Å². The van der Waals surface area contributed by atoms with E-state index in [2.05, 4.69) is 0 Å². The first-order valence-electron chi connectivity index (χ1n) is 77.6. The second kappa shape index (κ2) is 53.5. The molecule has 0 bridgehead atoms. The molecule has 7 unspecified atom stereocenters. The number of phenolic OH excluding ortho intramolecular Hbond substituents is 7. The molecule has 0 aliphatic heterocycles. The van der Waals surface area contributed by atoms with E-state index >= 15 is 0 Å². The molecule has 0 amide bonds. The molecule has 7 fully saturated rings. The standard InChI is InChI=1S/7C16H25NO2/c7*1-17(2)12-15(13-6-8-14(18)9-7-13)16(19)10-4-3-5-11-16/h7*6-9,15,18-19H,3-5,10-12H2,1-2H3/i1D3,2D3,6D,7D,8D,9D,12D2,15D;1D3,6D,7D,8D,9D,12D2,15D;1D3,2D3,6D,7D,8D,9D,15D;1D3,2D3,6D,7D,8D,9D,12D2;6D,7D,8D,9D,12D2,15D;1D3,6D,7D,8D,9D,15D;6D,7D,8D,9D,15D. The highest BCUT2D eigenvalue weighted by molar-refractivity contribution is 5.37. The third-order valence-corrected chi connectivity index (χ3v) is 24.0. The third kappa shape index (κ3) is 35.2. The molecule has 0 spiro atoms. The molecule has 7 aliphatic rings. The number of benzene rings is 7. The number of likely N-dealkylation sites (N-methyl/N-ethyl adjacent to an activating group) is 7. The number of aromatic hydroxyl groups is 7. The Morgan fingerprint density at radius 3 is 0.609 bits per heavy atom. The van der Waals surface area contributed by atoms with Gasteiger partial charge in [-0.2, -0.15) is 0 Å². The predicted molar refractivity (Wildman–Crippen MR) is 542 cm³/mol. The van der Waals surface area contributed by atoms with E-state index in [0.29, 0.717) is 101 Å². The van der Waals surface area contributed by atoms with Gasteiger partial charge in [0, 0.05) is 139 Å². The van der Waals surface area contributed by atoms with Crippen LogP contribution in [0.25, 0.3) is 0 Å². The summed E-state index contributed by atoms with van der Waals surface area (Å²) in [5, 5.41) is 148. The van der Waals surface area contributed by atoms with Gasteiger partial charge in [0.05, 0.1) is 77.6 Å². The summed E-state index contributed by atoms with van der Waals surface area (Å²) in [6.45, 7) is -40.4. The van der Waals surface area contributed by atoms with E-state index in [-0.39, 0.29) is 112 Å². The van der Waals surface area contributed by atoms with Crippen molar-refractivity contribution in [3.63, 3.8) is 0 Å². The van der Waals surface area contributed by atoms with Crippen LogP contribution in [0, 0.1) is 0 Å². The van der Waals surface area contributed by atoms with Crippen LogP contribution in [0.1, 0.15) is 395 Å². The Kier molecular flexibility index (Phi) is 19.9. The molecule has 7 aliphatic carbocycles. The van der Waals surface area contributed by atoms with Crippen LogP contribution in [-0.2, 0) is 0 Å². The molecule has 0 aromatic heterocycles. The van der Waals surface area contributed by atoms with Crippen LogP contribution in [0.15, 0.2) is 169 Å². The smallest absolute Gasteiger partial charge is 0.115 e. The van der Waals surface area contributed by atoms with Crippen LogP contribution >= 0.6 is 0 Å². The molecule has 133 heavy (non-hydrogen) atoms. The summed E-state index contributed by atoms with van der Waals surface area (Å²) in [6, 6.07) is -22.3. The van der Waals surface area contributed by atoms with E-state index in [4.69, 9.17) is 90.5 Å². The lowest BCUT2D eigenvalue weighted by molar-refractivity contribution is -0.0280. The minimum absolute atomic E-state index is 0.00718. The topological polar surface area (TPSA) is 306 Å². The molecule has 21 heteroatoms. The van der Waals surface area contributed by atoms with Gasteiger partial charge in [-0.25, -0.2) is 0 Å². The lowest BCUT2D eigenvalue weighted by atomic mass is 9.72. The summed E-state index contributed by atoms with van der Waals surface area (Å²) in [7, 11) is 8.45. The van der Waals surface area contributed by atoms with Crippen molar-refractivity contribution >= 4 is 0 Å². The SMILES string of the molecule is [2H]c1c([2H])c(C(C2(O)CCCCC2)C([2H])([2H])N(C([2H])([2H])[2H])C([2H])([2H])[2H])c([2H])c([2H])c1O.[2H]c1c([2H])c(C([2H])(C2(O)CCCCC2)C([2H])([2H])N(C([2H])([2H])[2H])C([2H])([2H])[2H])c([2H])c([2H])c1O.[2H]c1c([2H])c(C([2H])(C2(O)CCCCC2)C([2H])([2H])N(C)C([2H])([2H])[2H])c([2H])c([2H])c1O.[2H]c1c([2H])c(C([2H])(C2(O)CCCCC2)C([2H])([2H])N(C)C)c([2H])c([2H])c1O.[2H]c1c([2H])c(C([2H])(CN(C([2H])([2H])[2H])C([2H])([2H])[2H])C2(O)CCCCC2)c([2H])c([2H])c1O.[2H]c1c([2H])c(C([2H])(CN(C)C([2H])([2H])[2H])C2(O)CCCCC2)c([2H])c([2H])c1O.[2H]c1c([2H])c(C([2H])(CN(C)C)C2(O)CCCCC2)c([2H])c([2H])c1O. The number of aliphatic hydroxyl groups is 7. The van der Waals surface area contributed by atoms with Gasteiger partial charge in [-0.1, -0.05) is 219 Å². The second-order valence-electron chi connectivity index (χ2n) is 35.1. The summed E-state index contributed by atoms with van der Waals surface area (Å²) < 4.78 is 531. The van der Waals surface area contributed by atoms with Crippen LogP contribution < -0.4 is 0 Å². The monoisotopic (exact) mass is 1910 g/mol. The van der Waals surface area contributed by atoms with Gasteiger partial charge in [-0.3, -0.25) is 0 Å². The predicted octanol–water partition coefficient (Wildman–Crippen LogP) is 19.1. The normalized spacial score (nSPS) is 30.2. The Bertz CT molecular complexity index is 7620. The van der Waals surface area contributed by atoms with Crippen LogP contribution in [-0.4, -0.2) is 289 Å². The lowest BCUT2D eigenvalue weighted by Gasteiger charge is -2.40. The number of hydrogen-bond donors (Lipinski definition) is 14. The van der Waals surface area contributed by atoms with Crippen molar-refractivity contribution in [1.29, 1.82) is 0 Å². The van der Waals surface area contributed by atoms with Crippen molar-refractivity contribution in [1.82, 2.24) is 34.3 Å². The molecule has 7 aromatic rings. The Morgan fingerprint density at radius 2 is 0.391 bits per heavy atom. The maximum Gasteiger partial charge on any atom is 0.115 e.